The molecule has 0 aliphatic carbocycles. The van der Waals surface area contributed by atoms with Crippen LogP contribution in [0.2, 0.25) is 5.02 Å². The summed E-state index contributed by atoms with van der Waals surface area (Å²) in [6, 6.07) is 7.92. The van der Waals surface area contributed by atoms with E-state index in [1.54, 1.807) is 18.2 Å². The Morgan fingerprint density at radius 3 is 2.04 bits per heavy atom. The van der Waals surface area contributed by atoms with E-state index in [2.05, 4.69) is 10.6 Å². The third kappa shape index (κ3) is 4.05. The molecular formula is C16H12ClF3N2O2. The van der Waals surface area contributed by atoms with Crippen molar-refractivity contribution in [1.82, 2.24) is 10.6 Å². The molecule has 0 fully saturated rings. The van der Waals surface area contributed by atoms with Crippen molar-refractivity contribution in [2.24, 2.45) is 0 Å². The van der Waals surface area contributed by atoms with Gasteiger partial charge in [0.05, 0.1) is 16.1 Å². The second-order valence-electron chi connectivity index (χ2n) is 4.71. The van der Waals surface area contributed by atoms with E-state index < -0.39 is 34.8 Å². The third-order valence-corrected chi connectivity index (χ3v) is 3.42. The van der Waals surface area contributed by atoms with Gasteiger partial charge in [0.1, 0.15) is 0 Å². The van der Waals surface area contributed by atoms with Crippen LogP contribution in [0.3, 0.4) is 0 Å². The van der Waals surface area contributed by atoms with Gasteiger partial charge in [-0.15, -0.1) is 0 Å². The van der Waals surface area contributed by atoms with Crippen LogP contribution >= 0.6 is 11.6 Å². The number of benzene rings is 2. The molecule has 0 spiro atoms. The predicted molar refractivity (Wildman–Crippen MR) is 82.4 cm³/mol. The predicted octanol–water partition coefficient (Wildman–Crippen LogP) is 2.92. The molecule has 0 aromatic heterocycles. The maximum atomic E-state index is 13.5. The molecule has 4 nitrogen and oxygen atoms in total. The maximum Gasteiger partial charge on any atom is 0.254 e. The summed E-state index contributed by atoms with van der Waals surface area (Å²) in [5, 5.41) is 5.09. The zero-order valence-corrected chi connectivity index (χ0v) is 13.0. The highest BCUT2D eigenvalue weighted by Gasteiger charge is 2.18. The van der Waals surface area contributed by atoms with Gasteiger partial charge in [-0.05, 0) is 24.3 Å². The number of carbonyl (C=O) groups is 2. The standard InChI is InChI=1S/C16H12ClF3N2O2/c17-11-4-2-1-3-9(11)15(23)21-7-8-22-16(24)10-5-6-12(18)14(20)13(10)19/h1-6H,7-8H2,(H,21,23)(H,22,24). The molecular weight excluding hydrogens is 345 g/mol. The van der Waals surface area contributed by atoms with E-state index in [1.807, 2.05) is 0 Å². The molecule has 2 N–H and O–H groups in total. The largest absolute Gasteiger partial charge is 0.350 e. The summed E-state index contributed by atoms with van der Waals surface area (Å²) < 4.78 is 39.3. The second kappa shape index (κ2) is 7.83. The van der Waals surface area contributed by atoms with E-state index >= 15 is 0 Å². The molecule has 0 unspecified atom stereocenters. The van der Waals surface area contributed by atoms with E-state index in [4.69, 9.17) is 11.6 Å². The van der Waals surface area contributed by atoms with Crippen LogP contribution in [0.1, 0.15) is 20.7 Å². The molecule has 0 heterocycles. The van der Waals surface area contributed by atoms with E-state index in [1.165, 1.54) is 6.07 Å². The Kier molecular flexibility index (Phi) is 5.81. The van der Waals surface area contributed by atoms with E-state index in [0.29, 0.717) is 6.07 Å². The lowest BCUT2D eigenvalue weighted by Crippen LogP contribution is -2.35. The Balaban J connectivity index is 1.87. The molecule has 2 aromatic rings. The Morgan fingerprint density at radius 2 is 1.42 bits per heavy atom. The van der Waals surface area contributed by atoms with Crippen molar-refractivity contribution in [1.29, 1.82) is 0 Å². The van der Waals surface area contributed by atoms with Gasteiger partial charge in [0.15, 0.2) is 17.5 Å². The molecule has 0 bridgehead atoms. The first-order chi connectivity index (χ1) is 11.4. The number of hydrogen-bond donors (Lipinski definition) is 2. The van der Waals surface area contributed by atoms with Crippen molar-refractivity contribution in [3.8, 4) is 0 Å². The molecule has 2 rings (SSSR count). The lowest BCUT2D eigenvalue weighted by molar-refractivity contribution is 0.0925. The first kappa shape index (κ1) is 17.8. The highest BCUT2D eigenvalue weighted by atomic mass is 35.5. The first-order valence-corrected chi connectivity index (χ1v) is 7.24. The number of halogens is 4. The molecule has 0 aliphatic rings. The summed E-state index contributed by atoms with van der Waals surface area (Å²) in [6.07, 6.45) is 0. The number of rotatable bonds is 5. The quantitative estimate of drug-likeness (QED) is 0.639. The van der Waals surface area contributed by atoms with Gasteiger partial charge in [0, 0.05) is 13.1 Å². The highest BCUT2D eigenvalue weighted by molar-refractivity contribution is 6.33. The zero-order chi connectivity index (χ0) is 17.7. The molecule has 0 aliphatic heterocycles. The lowest BCUT2D eigenvalue weighted by atomic mass is 10.2. The van der Waals surface area contributed by atoms with Gasteiger partial charge in [0.25, 0.3) is 11.8 Å². The maximum absolute atomic E-state index is 13.5. The van der Waals surface area contributed by atoms with Gasteiger partial charge in [0.2, 0.25) is 0 Å². The summed E-state index contributed by atoms with van der Waals surface area (Å²) in [5.41, 5.74) is -0.344. The topological polar surface area (TPSA) is 58.2 Å². The Labute approximate surface area is 140 Å². The number of hydrogen-bond acceptors (Lipinski definition) is 2. The summed E-state index contributed by atoms with van der Waals surface area (Å²) >= 11 is 5.87. The van der Waals surface area contributed by atoms with Crippen molar-refractivity contribution in [3.05, 3.63) is 70.0 Å². The van der Waals surface area contributed by atoms with E-state index in [-0.39, 0.29) is 23.7 Å². The molecule has 0 atom stereocenters. The summed E-state index contributed by atoms with van der Waals surface area (Å²) in [5.74, 6) is -6.01. The van der Waals surface area contributed by atoms with Crippen molar-refractivity contribution >= 4 is 23.4 Å². The average molecular weight is 357 g/mol. The minimum absolute atomic E-state index is 0.0343. The Hall–Kier alpha value is -2.54. The zero-order valence-electron chi connectivity index (χ0n) is 12.2. The Bertz CT molecular complexity index is 784. The van der Waals surface area contributed by atoms with Crippen LogP contribution in [0.5, 0.6) is 0 Å². The van der Waals surface area contributed by atoms with Crippen molar-refractivity contribution in [2.45, 2.75) is 0 Å². The number of carbonyl (C=O) groups excluding carboxylic acids is 2. The van der Waals surface area contributed by atoms with Crippen LogP contribution in [0.4, 0.5) is 13.2 Å². The normalized spacial score (nSPS) is 10.3. The molecule has 126 valence electrons. The molecule has 0 radical (unpaired) electrons. The Morgan fingerprint density at radius 1 is 0.833 bits per heavy atom. The second-order valence-corrected chi connectivity index (χ2v) is 5.12. The van der Waals surface area contributed by atoms with Gasteiger partial charge in [-0.3, -0.25) is 9.59 Å². The SMILES string of the molecule is O=C(NCCNC(=O)c1ccc(F)c(F)c1F)c1ccccc1Cl. The fraction of sp³-hybridized carbons (Fsp3) is 0.125. The van der Waals surface area contributed by atoms with Crippen LogP contribution < -0.4 is 10.6 Å². The van der Waals surface area contributed by atoms with E-state index in [9.17, 15) is 22.8 Å². The van der Waals surface area contributed by atoms with E-state index in [0.717, 1.165) is 6.07 Å². The van der Waals surface area contributed by atoms with Crippen LogP contribution in [0, 0.1) is 17.5 Å². The molecule has 0 saturated carbocycles. The molecule has 2 aromatic carbocycles. The van der Waals surface area contributed by atoms with Crippen molar-refractivity contribution < 1.29 is 22.8 Å². The van der Waals surface area contributed by atoms with Gasteiger partial charge in [-0.25, -0.2) is 13.2 Å². The van der Waals surface area contributed by atoms with Crippen LogP contribution in [-0.4, -0.2) is 24.9 Å². The highest BCUT2D eigenvalue weighted by Crippen LogP contribution is 2.15. The molecule has 24 heavy (non-hydrogen) atoms. The van der Waals surface area contributed by atoms with Crippen LogP contribution in [-0.2, 0) is 0 Å². The summed E-state index contributed by atoms with van der Waals surface area (Å²) in [6.45, 7) is 0.00849. The minimum Gasteiger partial charge on any atom is -0.350 e. The third-order valence-electron chi connectivity index (χ3n) is 3.09. The van der Waals surface area contributed by atoms with Gasteiger partial charge >= 0.3 is 0 Å². The van der Waals surface area contributed by atoms with Gasteiger partial charge < -0.3 is 10.6 Å². The smallest absolute Gasteiger partial charge is 0.254 e. The fourth-order valence-electron chi connectivity index (χ4n) is 1.89. The molecule has 8 heteroatoms. The lowest BCUT2D eigenvalue weighted by Gasteiger charge is -2.09. The summed E-state index contributed by atoms with van der Waals surface area (Å²) in [4.78, 5) is 23.6. The molecule has 0 saturated heterocycles. The molecule has 2 amide bonds. The van der Waals surface area contributed by atoms with Crippen molar-refractivity contribution in [2.75, 3.05) is 13.1 Å². The van der Waals surface area contributed by atoms with Gasteiger partial charge in [-0.1, -0.05) is 23.7 Å². The van der Waals surface area contributed by atoms with Crippen molar-refractivity contribution in [3.63, 3.8) is 0 Å². The number of amides is 2. The fourth-order valence-corrected chi connectivity index (χ4v) is 2.11. The summed E-state index contributed by atoms with van der Waals surface area (Å²) in [7, 11) is 0. The van der Waals surface area contributed by atoms with Gasteiger partial charge in [-0.2, -0.15) is 0 Å². The average Bonchev–Trinajstić information content (AvgIpc) is 2.56. The first-order valence-electron chi connectivity index (χ1n) is 6.86. The monoisotopic (exact) mass is 356 g/mol. The number of nitrogens with one attached hydrogen (secondary N) is 2. The van der Waals surface area contributed by atoms with Crippen LogP contribution in [0.15, 0.2) is 36.4 Å². The van der Waals surface area contributed by atoms with Crippen LogP contribution in [0.25, 0.3) is 0 Å². The minimum atomic E-state index is -1.71.